The van der Waals surface area contributed by atoms with Gasteiger partial charge in [0.1, 0.15) is 0 Å². The van der Waals surface area contributed by atoms with Gasteiger partial charge in [0.25, 0.3) is 0 Å². The van der Waals surface area contributed by atoms with Crippen LogP contribution in [0.15, 0.2) is 18.2 Å². The molecule has 1 aliphatic heterocycles. The average Bonchev–Trinajstić information content (AvgIpc) is 2.52. The molecule has 1 aromatic carbocycles. The SMILES string of the molecule is O=C(CCNCCN1CCOCC1)Nc1c(Cl)cccc1Cl. The summed E-state index contributed by atoms with van der Waals surface area (Å²) in [5.41, 5.74) is 0.476. The molecule has 5 nitrogen and oxygen atoms in total. The number of anilines is 1. The van der Waals surface area contributed by atoms with Crippen LogP contribution in [0.2, 0.25) is 10.0 Å². The average molecular weight is 346 g/mol. The van der Waals surface area contributed by atoms with E-state index in [2.05, 4.69) is 15.5 Å². The Kier molecular flexibility index (Phi) is 7.42. The molecule has 0 radical (unpaired) electrons. The summed E-state index contributed by atoms with van der Waals surface area (Å²) < 4.78 is 5.30. The van der Waals surface area contributed by atoms with E-state index in [-0.39, 0.29) is 5.91 Å². The molecule has 1 aromatic rings. The summed E-state index contributed by atoms with van der Waals surface area (Å²) in [4.78, 5) is 14.2. The number of carbonyl (C=O) groups excluding carboxylic acids is 1. The molecule has 1 heterocycles. The quantitative estimate of drug-likeness (QED) is 0.744. The van der Waals surface area contributed by atoms with Crippen LogP contribution in [0.5, 0.6) is 0 Å². The number of rotatable bonds is 7. The first kappa shape index (κ1) is 17.5. The van der Waals surface area contributed by atoms with Crippen LogP contribution in [0, 0.1) is 0 Å². The maximum atomic E-state index is 11.9. The molecular weight excluding hydrogens is 325 g/mol. The van der Waals surface area contributed by atoms with Crippen molar-refractivity contribution in [2.45, 2.75) is 6.42 Å². The Morgan fingerprint density at radius 2 is 1.86 bits per heavy atom. The second-order valence-electron chi connectivity index (χ2n) is 5.10. The molecule has 7 heteroatoms. The van der Waals surface area contributed by atoms with E-state index < -0.39 is 0 Å². The first-order chi connectivity index (χ1) is 10.7. The zero-order valence-corrected chi connectivity index (χ0v) is 13.9. The van der Waals surface area contributed by atoms with Crippen molar-refractivity contribution in [3.05, 3.63) is 28.2 Å². The number of halogens is 2. The minimum absolute atomic E-state index is 0.103. The smallest absolute Gasteiger partial charge is 0.225 e. The van der Waals surface area contributed by atoms with Crippen LogP contribution in [-0.4, -0.2) is 56.7 Å². The first-order valence-corrected chi connectivity index (χ1v) is 8.17. The van der Waals surface area contributed by atoms with Crippen LogP contribution >= 0.6 is 23.2 Å². The Bertz CT molecular complexity index is 473. The van der Waals surface area contributed by atoms with Crippen LogP contribution in [0.4, 0.5) is 5.69 Å². The van der Waals surface area contributed by atoms with E-state index in [1.807, 2.05) is 0 Å². The third-order valence-electron chi connectivity index (χ3n) is 3.46. The molecule has 0 aliphatic carbocycles. The highest BCUT2D eigenvalue weighted by molar-refractivity contribution is 6.39. The number of hydrogen-bond donors (Lipinski definition) is 2. The van der Waals surface area contributed by atoms with Crippen molar-refractivity contribution in [1.29, 1.82) is 0 Å². The van der Waals surface area contributed by atoms with E-state index in [0.717, 1.165) is 39.4 Å². The molecule has 1 fully saturated rings. The highest BCUT2D eigenvalue weighted by atomic mass is 35.5. The molecular formula is C15H21Cl2N3O2. The highest BCUT2D eigenvalue weighted by Crippen LogP contribution is 2.29. The Hall–Kier alpha value is -0.850. The van der Waals surface area contributed by atoms with Gasteiger partial charge in [-0.15, -0.1) is 0 Å². The number of benzene rings is 1. The van der Waals surface area contributed by atoms with Crippen LogP contribution in [-0.2, 0) is 9.53 Å². The van der Waals surface area contributed by atoms with E-state index in [0.29, 0.717) is 28.7 Å². The number of morpholine rings is 1. The summed E-state index contributed by atoms with van der Waals surface area (Å²) in [6.07, 6.45) is 0.380. The van der Waals surface area contributed by atoms with Gasteiger partial charge in [0.05, 0.1) is 28.9 Å². The molecule has 0 atom stereocenters. The lowest BCUT2D eigenvalue weighted by Crippen LogP contribution is -2.40. The fourth-order valence-electron chi connectivity index (χ4n) is 2.21. The third-order valence-corrected chi connectivity index (χ3v) is 4.09. The lowest BCUT2D eigenvalue weighted by molar-refractivity contribution is -0.116. The van der Waals surface area contributed by atoms with Gasteiger partial charge in [-0.05, 0) is 12.1 Å². The summed E-state index contributed by atoms with van der Waals surface area (Å²) in [7, 11) is 0. The standard InChI is InChI=1S/C15H21Cl2N3O2/c16-12-2-1-3-13(17)15(12)19-14(21)4-5-18-6-7-20-8-10-22-11-9-20/h1-3,18H,4-11H2,(H,19,21). The fraction of sp³-hybridized carbons (Fsp3) is 0.533. The van der Waals surface area contributed by atoms with Crippen LogP contribution < -0.4 is 10.6 Å². The highest BCUT2D eigenvalue weighted by Gasteiger charge is 2.10. The molecule has 1 amide bonds. The van der Waals surface area contributed by atoms with Gasteiger partial charge in [0.2, 0.25) is 5.91 Å². The first-order valence-electron chi connectivity index (χ1n) is 7.41. The lowest BCUT2D eigenvalue weighted by atomic mass is 10.3. The number of hydrogen-bond acceptors (Lipinski definition) is 4. The Balaban J connectivity index is 1.61. The zero-order valence-electron chi connectivity index (χ0n) is 12.4. The van der Waals surface area contributed by atoms with Gasteiger partial charge in [0.15, 0.2) is 0 Å². The summed E-state index contributed by atoms with van der Waals surface area (Å²) in [6, 6.07) is 5.14. The molecule has 2 rings (SSSR count). The minimum atomic E-state index is -0.103. The van der Waals surface area contributed by atoms with Crippen molar-refractivity contribution < 1.29 is 9.53 Å². The summed E-state index contributed by atoms with van der Waals surface area (Å²) in [6.45, 7) is 6.03. The van der Waals surface area contributed by atoms with Crippen molar-refractivity contribution in [3.63, 3.8) is 0 Å². The molecule has 2 N–H and O–H groups in total. The third kappa shape index (κ3) is 5.74. The second-order valence-corrected chi connectivity index (χ2v) is 5.91. The lowest BCUT2D eigenvalue weighted by Gasteiger charge is -2.26. The van der Waals surface area contributed by atoms with Crippen LogP contribution in [0.3, 0.4) is 0 Å². The molecule has 22 heavy (non-hydrogen) atoms. The van der Waals surface area contributed by atoms with Gasteiger partial charge in [-0.2, -0.15) is 0 Å². The van der Waals surface area contributed by atoms with Gasteiger partial charge < -0.3 is 15.4 Å². The summed E-state index contributed by atoms with van der Waals surface area (Å²) in [5, 5.41) is 6.91. The van der Waals surface area contributed by atoms with Crippen molar-refractivity contribution in [1.82, 2.24) is 10.2 Å². The predicted molar refractivity (Wildman–Crippen MR) is 89.8 cm³/mol. The minimum Gasteiger partial charge on any atom is -0.379 e. The molecule has 1 saturated heterocycles. The summed E-state index contributed by atoms with van der Waals surface area (Å²) in [5.74, 6) is -0.103. The van der Waals surface area contributed by atoms with Crippen molar-refractivity contribution in [2.75, 3.05) is 51.3 Å². The molecule has 1 aliphatic rings. The van der Waals surface area contributed by atoms with Gasteiger partial charge >= 0.3 is 0 Å². The Morgan fingerprint density at radius 1 is 1.18 bits per heavy atom. The molecule has 0 bridgehead atoms. The normalized spacial score (nSPS) is 15.7. The number of amides is 1. The van der Waals surface area contributed by atoms with E-state index in [4.69, 9.17) is 27.9 Å². The predicted octanol–water partition coefficient (Wildman–Crippen LogP) is 2.24. The van der Waals surface area contributed by atoms with E-state index >= 15 is 0 Å². The topological polar surface area (TPSA) is 53.6 Å². The monoisotopic (exact) mass is 345 g/mol. The van der Waals surface area contributed by atoms with Gasteiger partial charge in [-0.1, -0.05) is 29.3 Å². The maximum Gasteiger partial charge on any atom is 0.225 e. The molecule has 0 unspecified atom stereocenters. The van der Waals surface area contributed by atoms with Crippen molar-refractivity contribution >= 4 is 34.8 Å². The molecule has 0 saturated carbocycles. The fourth-order valence-corrected chi connectivity index (χ4v) is 2.70. The largest absolute Gasteiger partial charge is 0.379 e. The van der Waals surface area contributed by atoms with Crippen molar-refractivity contribution in [3.8, 4) is 0 Å². The number of nitrogens with zero attached hydrogens (tertiary/aromatic N) is 1. The van der Waals surface area contributed by atoms with Crippen LogP contribution in [0.1, 0.15) is 6.42 Å². The number of para-hydroxylation sites is 1. The zero-order chi connectivity index (χ0) is 15.8. The number of ether oxygens (including phenoxy) is 1. The maximum absolute atomic E-state index is 11.9. The number of nitrogens with one attached hydrogen (secondary N) is 2. The second kappa shape index (κ2) is 9.33. The van der Waals surface area contributed by atoms with Crippen LogP contribution in [0.25, 0.3) is 0 Å². The van der Waals surface area contributed by atoms with E-state index in [1.54, 1.807) is 18.2 Å². The van der Waals surface area contributed by atoms with Gasteiger partial charge in [-0.3, -0.25) is 9.69 Å². The Morgan fingerprint density at radius 3 is 2.55 bits per heavy atom. The van der Waals surface area contributed by atoms with E-state index in [1.165, 1.54) is 0 Å². The molecule has 0 aromatic heterocycles. The van der Waals surface area contributed by atoms with E-state index in [9.17, 15) is 4.79 Å². The molecule has 122 valence electrons. The van der Waals surface area contributed by atoms with Crippen molar-refractivity contribution in [2.24, 2.45) is 0 Å². The van der Waals surface area contributed by atoms with Gasteiger partial charge in [0, 0.05) is 39.1 Å². The summed E-state index contributed by atoms with van der Waals surface area (Å²) >= 11 is 12.0. The number of carbonyl (C=O) groups is 1. The molecule has 0 spiro atoms. The van der Waals surface area contributed by atoms with Gasteiger partial charge in [-0.25, -0.2) is 0 Å². The Labute approximate surface area is 140 Å².